The largest absolute Gasteiger partial charge is 0.444 e. The summed E-state index contributed by atoms with van der Waals surface area (Å²) in [5.41, 5.74) is 1.33. The van der Waals surface area contributed by atoms with Gasteiger partial charge >= 0.3 is 6.09 Å². The van der Waals surface area contributed by atoms with Gasteiger partial charge in [-0.05, 0) is 107 Å². The zero-order valence-corrected chi connectivity index (χ0v) is 26.8. The second-order valence-electron chi connectivity index (χ2n) is 12.8. The van der Waals surface area contributed by atoms with E-state index in [-0.39, 0.29) is 17.0 Å². The predicted molar refractivity (Wildman–Crippen MR) is 172 cm³/mol. The molecule has 2 aliphatic rings. The van der Waals surface area contributed by atoms with Crippen molar-refractivity contribution in [3.63, 3.8) is 0 Å². The highest BCUT2D eigenvalue weighted by Crippen LogP contribution is 2.38. The van der Waals surface area contributed by atoms with E-state index in [1.54, 1.807) is 54.9 Å². The molecule has 1 saturated heterocycles. The molecule has 4 heterocycles. The first-order valence-electron chi connectivity index (χ1n) is 15.2. The number of rotatable bonds is 6. The summed E-state index contributed by atoms with van der Waals surface area (Å²) in [5.74, 6) is 1.73. The van der Waals surface area contributed by atoms with Crippen molar-refractivity contribution in [3.05, 3.63) is 72.1 Å². The molecule has 1 unspecified atom stereocenters. The summed E-state index contributed by atoms with van der Waals surface area (Å²) in [5, 5.41) is 4.61. The first-order valence-corrected chi connectivity index (χ1v) is 17.0. The number of hydrogen-bond donors (Lipinski definition) is 1. The number of nitrogens with one attached hydrogen (secondary N) is 1. The minimum atomic E-state index is -3.86. The van der Waals surface area contributed by atoms with Crippen LogP contribution in [0.15, 0.2) is 71.9 Å². The van der Waals surface area contributed by atoms with Crippen molar-refractivity contribution in [2.75, 3.05) is 18.4 Å². The van der Waals surface area contributed by atoms with Gasteiger partial charge in [-0.1, -0.05) is 29.8 Å². The number of amides is 1. The summed E-state index contributed by atoms with van der Waals surface area (Å²) in [6.45, 7) is 7.22. The third kappa shape index (κ3) is 6.42. The van der Waals surface area contributed by atoms with Gasteiger partial charge in [-0.15, -0.1) is 0 Å². The number of ether oxygens (including phenoxy) is 1. The summed E-state index contributed by atoms with van der Waals surface area (Å²) >= 11 is 6.52. The highest BCUT2D eigenvalue weighted by molar-refractivity contribution is 7.90. The van der Waals surface area contributed by atoms with Crippen LogP contribution in [0.2, 0.25) is 5.15 Å². The van der Waals surface area contributed by atoms with E-state index in [0.29, 0.717) is 39.4 Å². The molecule has 1 aliphatic heterocycles. The van der Waals surface area contributed by atoms with Crippen molar-refractivity contribution in [2.24, 2.45) is 11.8 Å². The Kier molecular flexibility index (Phi) is 8.32. The predicted octanol–water partition coefficient (Wildman–Crippen LogP) is 7.22. The lowest BCUT2D eigenvalue weighted by Gasteiger charge is -2.33. The van der Waals surface area contributed by atoms with Crippen molar-refractivity contribution < 1.29 is 17.9 Å². The molecule has 2 fully saturated rings. The van der Waals surface area contributed by atoms with Crippen molar-refractivity contribution in [1.29, 1.82) is 0 Å². The zero-order chi connectivity index (χ0) is 31.1. The van der Waals surface area contributed by atoms with E-state index in [0.717, 1.165) is 50.8 Å². The Bertz CT molecular complexity index is 1760. The Morgan fingerprint density at radius 1 is 1.00 bits per heavy atom. The summed E-state index contributed by atoms with van der Waals surface area (Å²) in [7, 11) is -3.86. The number of carbonyl (C=O) groups is 1. The number of likely N-dealkylation sites (tertiary alicyclic amines) is 1. The number of carbonyl (C=O) groups excluding carboxylic acids is 1. The fourth-order valence-electron chi connectivity index (χ4n) is 6.48. The number of fused-ring (bicyclic) bond motifs is 1. The van der Waals surface area contributed by atoms with Gasteiger partial charge < -0.3 is 15.0 Å². The van der Waals surface area contributed by atoms with Crippen LogP contribution in [0.5, 0.6) is 0 Å². The molecule has 232 valence electrons. The van der Waals surface area contributed by atoms with E-state index in [1.807, 2.05) is 37.8 Å². The smallest absolute Gasteiger partial charge is 0.410 e. The molecule has 1 saturated carbocycles. The lowest BCUT2D eigenvalue weighted by Crippen LogP contribution is -2.36. The molecule has 1 aromatic carbocycles. The lowest BCUT2D eigenvalue weighted by molar-refractivity contribution is 0.0281. The number of hydrogen-bond acceptors (Lipinski definition) is 7. The van der Waals surface area contributed by atoms with Gasteiger partial charge in [0.2, 0.25) is 0 Å². The Balaban J connectivity index is 1.16. The molecule has 1 atom stereocenters. The molecule has 44 heavy (non-hydrogen) atoms. The molecular weight excluding hydrogens is 598 g/mol. The number of anilines is 1. The third-order valence-corrected chi connectivity index (χ3v) is 10.5. The second-order valence-corrected chi connectivity index (χ2v) is 15.0. The number of halogens is 1. The molecule has 4 aromatic rings. The first-order chi connectivity index (χ1) is 21.0. The van der Waals surface area contributed by atoms with Crippen LogP contribution in [0.1, 0.15) is 52.9 Å². The average molecular weight is 636 g/mol. The first kappa shape index (κ1) is 30.4. The minimum Gasteiger partial charge on any atom is -0.444 e. The average Bonchev–Trinajstić information content (AvgIpc) is 3.64. The topological polar surface area (TPSA) is 106 Å². The zero-order valence-electron chi connectivity index (χ0n) is 25.2. The third-order valence-electron chi connectivity index (χ3n) is 8.60. The van der Waals surface area contributed by atoms with Crippen LogP contribution < -0.4 is 5.32 Å². The Morgan fingerprint density at radius 3 is 2.48 bits per heavy atom. The number of nitrogens with zero attached hydrogens (tertiary/aromatic N) is 4. The van der Waals surface area contributed by atoms with Crippen LogP contribution in [-0.4, -0.2) is 58.1 Å². The molecule has 6 rings (SSSR count). The molecule has 0 bridgehead atoms. The van der Waals surface area contributed by atoms with E-state index < -0.39 is 15.6 Å². The van der Waals surface area contributed by atoms with Gasteiger partial charge in [-0.3, -0.25) is 0 Å². The molecule has 1 aliphatic carbocycles. The standard InChI is InChI=1S/C33H38ClN5O4S/c1-33(2,3)43-32(40)38-17-15-23(20-38)22-11-13-25(14-12-22)36-30-19-24(18-29(34)37-30)28-21-39(31-27(28)10-7-16-35-31)44(41,42)26-8-5-4-6-9-26/h4-10,16,18-19,21-23,25H,11-15,17,20H2,1-3H3,(H,36,37). The summed E-state index contributed by atoms with van der Waals surface area (Å²) in [6, 6.07) is 15.9. The molecular formula is C33H38ClN5O4S. The van der Waals surface area contributed by atoms with E-state index in [4.69, 9.17) is 16.3 Å². The minimum absolute atomic E-state index is 0.190. The molecule has 0 radical (unpaired) electrons. The van der Waals surface area contributed by atoms with Gasteiger partial charge in [0.25, 0.3) is 10.0 Å². The molecule has 0 spiro atoms. The molecule has 1 N–H and O–H groups in total. The molecule has 3 aromatic heterocycles. The monoisotopic (exact) mass is 635 g/mol. The fourth-order valence-corrected chi connectivity index (χ4v) is 8.04. The second kappa shape index (κ2) is 12.0. The maximum atomic E-state index is 13.6. The van der Waals surface area contributed by atoms with E-state index in [9.17, 15) is 13.2 Å². The van der Waals surface area contributed by atoms with Crippen molar-refractivity contribution in [2.45, 2.75) is 69.4 Å². The molecule has 11 heteroatoms. The number of pyridine rings is 2. The summed E-state index contributed by atoms with van der Waals surface area (Å²) in [6.07, 6.45) is 8.16. The van der Waals surface area contributed by atoms with Crippen LogP contribution in [0.3, 0.4) is 0 Å². The maximum Gasteiger partial charge on any atom is 0.410 e. The highest BCUT2D eigenvalue weighted by atomic mass is 35.5. The van der Waals surface area contributed by atoms with Crippen LogP contribution in [0.4, 0.5) is 10.6 Å². The van der Waals surface area contributed by atoms with E-state index >= 15 is 0 Å². The Labute approximate surface area is 263 Å². The van der Waals surface area contributed by atoms with Crippen LogP contribution in [-0.2, 0) is 14.8 Å². The normalized spacial score (nSPS) is 21.0. The quantitative estimate of drug-likeness (QED) is 0.223. The summed E-state index contributed by atoms with van der Waals surface area (Å²) in [4.78, 5) is 23.5. The lowest BCUT2D eigenvalue weighted by atomic mass is 9.78. The molecule has 9 nitrogen and oxygen atoms in total. The van der Waals surface area contributed by atoms with Crippen LogP contribution >= 0.6 is 11.6 Å². The summed E-state index contributed by atoms with van der Waals surface area (Å²) < 4.78 is 33.9. The number of aromatic nitrogens is 3. The van der Waals surface area contributed by atoms with Gasteiger partial charge in [-0.25, -0.2) is 27.2 Å². The highest BCUT2D eigenvalue weighted by Gasteiger charge is 2.36. The van der Waals surface area contributed by atoms with Gasteiger partial charge in [-0.2, -0.15) is 0 Å². The van der Waals surface area contributed by atoms with E-state index in [2.05, 4.69) is 15.3 Å². The van der Waals surface area contributed by atoms with E-state index in [1.165, 1.54) is 3.97 Å². The van der Waals surface area contributed by atoms with Crippen LogP contribution in [0.25, 0.3) is 22.2 Å². The van der Waals surface area contributed by atoms with Crippen molar-refractivity contribution >= 4 is 44.6 Å². The number of benzene rings is 1. The Hall–Kier alpha value is -3.63. The molecule has 1 amide bonds. The van der Waals surface area contributed by atoms with Gasteiger partial charge in [0.1, 0.15) is 16.6 Å². The maximum absolute atomic E-state index is 13.6. The fraction of sp³-hybridized carbons (Fsp3) is 0.424. The van der Waals surface area contributed by atoms with Crippen molar-refractivity contribution in [1.82, 2.24) is 18.8 Å². The SMILES string of the molecule is CC(C)(C)OC(=O)N1CCC(C2CCC(Nc3cc(-c4cn(S(=O)(=O)c5ccccc5)c5ncccc45)cc(Cl)n3)CC2)C1. The van der Waals surface area contributed by atoms with Crippen molar-refractivity contribution in [3.8, 4) is 11.1 Å². The Morgan fingerprint density at radius 2 is 1.75 bits per heavy atom. The van der Waals surface area contributed by atoms with Gasteiger partial charge in [0.15, 0.2) is 5.65 Å². The van der Waals surface area contributed by atoms with Crippen LogP contribution in [0, 0.1) is 11.8 Å². The van der Waals surface area contributed by atoms with Gasteiger partial charge in [0, 0.05) is 42.5 Å². The van der Waals surface area contributed by atoms with Gasteiger partial charge in [0.05, 0.1) is 4.90 Å².